The zero-order valence-electron chi connectivity index (χ0n) is 13.3. The zero-order valence-corrected chi connectivity index (χ0v) is 13.3. The second-order valence-corrected chi connectivity index (χ2v) is 6.09. The van der Waals surface area contributed by atoms with Gasteiger partial charge in [0.2, 0.25) is 0 Å². The van der Waals surface area contributed by atoms with E-state index < -0.39 is 5.97 Å². The van der Waals surface area contributed by atoms with Crippen molar-refractivity contribution in [1.82, 2.24) is 19.9 Å². The first-order chi connectivity index (χ1) is 11.6. The Balaban J connectivity index is 1.64. The number of rotatable bonds is 5. The van der Waals surface area contributed by atoms with Gasteiger partial charge in [-0.25, -0.2) is 4.68 Å². The molecule has 2 aromatic rings. The van der Waals surface area contributed by atoms with Gasteiger partial charge in [-0.1, -0.05) is 5.21 Å². The minimum Gasteiger partial charge on any atom is -0.481 e. The molecule has 1 N–H and O–H groups in total. The molecule has 1 saturated heterocycles. The van der Waals surface area contributed by atoms with E-state index in [1.807, 2.05) is 17.0 Å². The SMILES string of the molecule is O=C(O)CC[C@@H]1CCCN(C(=O)c2ccc(-n3ccnn3)cc2)C1. The van der Waals surface area contributed by atoms with Crippen LogP contribution in [0.2, 0.25) is 0 Å². The molecule has 1 fully saturated rings. The monoisotopic (exact) mass is 328 g/mol. The van der Waals surface area contributed by atoms with E-state index in [0.29, 0.717) is 18.5 Å². The Morgan fingerprint density at radius 1 is 1.25 bits per heavy atom. The molecule has 7 nitrogen and oxygen atoms in total. The topological polar surface area (TPSA) is 88.3 Å². The van der Waals surface area contributed by atoms with E-state index in [1.54, 1.807) is 29.2 Å². The molecule has 7 heteroatoms. The molecule has 0 saturated carbocycles. The van der Waals surface area contributed by atoms with Crippen LogP contribution in [0.4, 0.5) is 0 Å². The predicted octanol–water partition coefficient (Wildman–Crippen LogP) is 1.98. The van der Waals surface area contributed by atoms with Crippen LogP contribution in [0, 0.1) is 5.92 Å². The van der Waals surface area contributed by atoms with Crippen LogP contribution < -0.4 is 0 Å². The van der Waals surface area contributed by atoms with E-state index in [9.17, 15) is 9.59 Å². The number of benzene rings is 1. The van der Waals surface area contributed by atoms with Crippen LogP contribution in [0.3, 0.4) is 0 Å². The maximum absolute atomic E-state index is 12.7. The number of piperidine rings is 1. The first-order valence-electron chi connectivity index (χ1n) is 8.11. The number of nitrogens with zero attached hydrogens (tertiary/aromatic N) is 4. The van der Waals surface area contributed by atoms with Gasteiger partial charge in [-0.15, -0.1) is 5.10 Å². The smallest absolute Gasteiger partial charge is 0.303 e. The standard InChI is InChI=1S/C17H20N4O3/c22-16(23)8-3-13-2-1-10-20(12-13)17(24)14-4-6-15(7-5-14)21-11-9-18-19-21/h4-7,9,11,13H,1-3,8,10,12H2,(H,22,23)/t13-/m0/s1. The van der Waals surface area contributed by atoms with Crippen molar-refractivity contribution in [2.75, 3.05) is 13.1 Å². The van der Waals surface area contributed by atoms with Crippen LogP contribution >= 0.6 is 0 Å². The Hall–Kier alpha value is -2.70. The highest BCUT2D eigenvalue weighted by atomic mass is 16.4. The number of carboxylic acids is 1. The molecular formula is C17H20N4O3. The fourth-order valence-electron chi connectivity index (χ4n) is 3.10. The first-order valence-corrected chi connectivity index (χ1v) is 8.11. The van der Waals surface area contributed by atoms with Gasteiger partial charge in [0.25, 0.3) is 5.91 Å². The summed E-state index contributed by atoms with van der Waals surface area (Å²) in [6, 6.07) is 7.27. The molecule has 0 bridgehead atoms. The molecule has 24 heavy (non-hydrogen) atoms. The maximum Gasteiger partial charge on any atom is 0.303 e. The molecule has 1 aromatic carbocycles. The van der Waals surface area contributed by atoms with Crippen molar-refractivity contribution >= 4 is 11.9 Å². The molecular weight excluding hydrogens is 308 g/mol. The van der Waals surface area contributed by atoms with Crippen molar-refractivity contribution in [2.45, 2.75) is 25.7 Å². The Bertz CT molecular complexity index is 697. The third kappa shape index (κ3) is 3.79. The average Bonchev–Trinajstić information content (AvgIpc) is 3.14. The first kappa shape index (κ1) is 16.2. The summed E-state index contributed by atoms with van der Waals surface area (Å²) < 4.78 is 1.64. The van der Waals surface area contributed by atoms with Crippen molar-refractivity contribution in [1.29, 1.82) is 0 Å². The van der Waals surface area contributed by atoms with Crippen LogP contribution in [0.25, 0.3) is 5.69 Å². The van der Waals surface area contributed by atoms with Gasteiger partial charge in [-0.2, -0.15) is 0 Å². The number of aliphatic carboxylic acids is 1. The summed E-state index contributed by atoms with van der Waals surface area (Å²) in [5.41, 5.74) is 1.49. The van der Waals surface area contributed by atoms with Crippen molar-refractivity contribution in [3.8, 4) is 5.69 Å². The van der Waals surface area contributed by atoms with Crippen molar-refractivity contribution in [2.24, 2.45) is 5.92 Å². The molecule has 3 rings (SSSR count). The summed E-state index contributed by atoms with van der Waals surface area (Å²) in [5.74, 6) is -0.504. The lowest BCUT2D eigenvalue weighted by Crippen LogP contribution is -2.40. The molecule has 1 aliphatic heterocycles. The van der Waals surface area contributed by atoms with E-state index in [4.69, 9.17) is 5.11 Å². The summed E-state index contributed by atoms with van der Waals surface area (Å²) in [6.07, 6.45) is 6.05. The molecule has 126 valence electrons. The average molecular weight is 328 g/mol. The fraction of sp³-hybridized carbons (Fsp3) is 0.412. The fourth-order valence-corrected chi connectivity index (χ4v) is 3.10. The lowest BCUT2D eigenvalue weighted by molar-refractivity contribution is -0.137. The lowest BCUT2D eigenvalue weighted by atomic mass is 9.93. The van der Waals surface area contributed by atoms with Crippen LogP contribution in [-0.2, 0) is 4.79 Å². The van der Waals surface area contributed by atoms with Gasteiger partial charge in [0.05, 0.1) is 18.1 Å². The highest BCUT2D eigenvalue weighted by Gasteiger charge is 2.24. The van der Waals surface area contributed by atoms with Gasteiger partial charge in [0.15, 0.2) is 0 Å². The number of amides is 1. The lowest BCUT2D eigenvalue weighted by Gasteiger charge is -2.32. The Labute approximate surface area is 139 Å². The van der Waals surface area contributed by atoms with Crippen molar-refractivity contribution < 1.29 is 14.7 Å². The van der Waals surface area contributed by atoms with Crippen molar-refractivity contribution in [3.05, 3.63) is 42.2 Å². The third-order valence-corrected chi connectivity index (χ3v) is 4.37. The maximum atomic E-state index is 12.7. The summed E-state index contributed by atoms with van der Waals surface area (Å²) in [4.78, 5) is 25.2. The molecule has 0 unspecified atom stereocenters. The molecule has 1 amide bonds. The molecule has 1 aliphatic rings. The number of hydrogen-bond acceptors (Lipinski definition) is 4. The van der Waals surface area contributed by atoms with Gasteiger partial charge in [-0.3, -0.25) is 9.59 Å². The number of carbonyl (C=O) groups excluding carboxylic acids is 1. The highest BCUT2D eigenvalue weighted by Crippen LogP contribution is 2.22. The largest absolute Gasteiger partial charge is 0.481 e. The summed E-state index contributed by atoms with van der Waals surface area (Å²) in [5, 5.41) is 16.5. The highest BCUT2D eigenvalue weighted by molar-refractivity contribution is 5.94. The van der Waals surface area contributed by atoms with Crippen LogP contribution in [-0.4, -0.2) is 50.0 Å². The van der Waals surface area contributed by atoms with Crippen LogP contribution in [0.15, 0.2) is 36.7 Å². The van der Waals surface area contributed by atoms with Gasteiger partial charge >= 0.3 is 5.97 Å². The molecule has 2 heterocycles. The second-order valence-electron chi connectivity index (χ2n) is 6.09. The molecule has 0 radical (unpaired) electrons. The molecule has 0 aliphatic carbocycles. The van der Waals surface area contributed by atoms with E-state index in [0.717, 1.165) is 25.1 Å². The Morgan fingerprint density at radius 2 is 2.04 bits per heavy atom. The van der Waals surface area contributed by atoms with Crippen LogP contribution in [0.5, 0.6) is 0 Å². The zero-order chi connectivity index (χ0) is 16.9. The number of likely N-dealkylation sites (tertiary alicyclic amines) is 1. The minimum absolute atomic E-state index is 0.000153. The predicted molar refractivity (Wildman–Crippen MR) is 86.9 cm³/mol. The van der Waals surface area contributed by atoms with Crippen molar-refractivity contribution in [3.63, 3.8) is 0 Å². The van der Waals surface area contributed by atoms with Crippen LogP contribution in [0.1, 0.15) is 36.0 Å². The minimum atomic E-state index is -0.776. The van der Waals surface area contributed by atoms with E-state index >= 15 is 0 Å². The van der Waals surface area contributed by atoms with E-state index in [2.05, 4.69) is 10.3 Å². The quantitative estimate of drug-likeness (QED) is 0.906. The van der Waals surface area contributed by atoms with Gasteiger partial charge < -0.3 is 10.0 Å². The number of carbonyl (C=O) groups is 2. The second kappa shape index (κ2) is 7.25. The molecule has 0 spiro atoms. The summed E-state index contributed by atoms with van der Waals surface area (Å²) in [6.45, 7) is 1.37. The van der Waals surface area contributed by atoms with Gasteiger partial charge in [0.1, 0.15) is 0 Å². The summed E-state index contributed by atoms with van der Waals surface area (Å²) in [7, 11) is 0. The van der Waals surface area contributed by atoms with E-state index in [1.165, 1.54) is 0 Å². The van der Waals surface area contributed by atoms with Gasteiger partial charge in [0, 0.05) is 25.1 Å². The Morgan fingerprint density at radius 3 is 2.71 bits per heavy atom. The number of hydrogen-bond donors (Lipinski definition) is 1. The van der Waals surface area contributed by atoms with E-state index in [-0.39, 0.29) is 18.2 Å². The molecule has 1 atom stereocenters. The Kier molecular flexibility index (Phi) is 4.88. The van der Waals surface area contributed by atoms with Gasteiger partial charge in [-0.05, 0) is 49.4 Å². The third-order valence-electron chi connectivity index (χ3n) is 4.37. The normalized spacial score (nSPS) is 17.7. The summed E-state index contributed by atoms with van der Waals surface area (Å²) >= 11 is 0. The molecule has 1 aromatic heterocycles. The number of aromatic nitrogens is 3. The number of carboxylic acid groups (broad SMARTS) is 1.